The normalized spacial score (nSPS) is 15.8. The van der Waals surface area contributed by atoms with Crippen molar-refractivity contribution in [2.24, 2.45) is 9.98 Å². The number of piperidine rings is 1. The van der Waals surface area contributed by atoms with E-state index in [1.165, 1.54) is 18.7 Å². The van der Waals surface area contributed by atoms with Gasteiger partial charge in [-0.15, -0.1) is 0 Å². The molecule has 1 N–H and O–H groups in total. The van der Waals surface area contributed by atoms with E-state index in [1.807, 2.05) is 0 Å². The van der Waals surface area contributed by atoms with Crippen LogP contribution in [0.4, 0.5) is 5.82 Å². The second kappa shape index (κ2) is 9.12. The van der Waals surface area contributed by atoms with Crippen LogP contribution in [0, 0.1) is 0 Å². The molecule has 1 fully saturated rings. The Morgan fingerprint density at radius 3 is 2.80 bits per heavy atom. The van der Waals surface area contributed by atoms with Crippen LogP contribution in [0.1, 0.15) is 26.2 Å². The number of amides is 1. The fraction of sp³-hybridized carbons (Fsp3) is 0.438. The van der Waals surface area contributed by atoms with Gasteiger partial charge in [-0.25, -0.2) is 14.7 Å². The van der Waals surface area contributed by atoms with Gasteiger partial charge >= 0.3 is 0 Å². The Labute approximate surface area is 150 Å². The highest BCUT2D eigenvalue weighted by Crippen LogP contribution is 2.15. The predicted molar refractivity (Wildman–Crippen MR) is 99.3 cm³/mol. The van der Waals surface area contributed by atoms with Gasteiger partial charge < -0.3 is 10.2 Å². The van der Waals surface area contributed by atoms with E-state index in [0.29, 0.717) is 11.5 Å². The fourth-order valence-corrected chi connectivity index (χ4v) is 2.51. The van der Waals surface area contributed by atoms with E-state index in [4.69, 9.17) is 11.6 Å². The summed E-state index contributed by atoms with van der Waals surface area (Å²) in [6, 6.07) is 3.14. The van der Waals surface area contributed by atoms with Crippen LogP contribution in [-0.2, 0) is 11.3 Å². The van der Waals surface area contributed by atoms with Gasteiger partial charge in [0.25, 0.3) is 5.56 Å². The Kier molecular flexibility index (Phi) is 6.88. The molecule has 2 rings (SSSR count). The number of anilines is 1. The molecule has 134 valence electrons. The van der Waals surface area contributed by atoms with Gasteiger partial charge in [-0.3, -0.25) is 9.59 Å². The van der Waals surface area contributed by atoms with E-state index >= 15 is 0 Å². The Balaban J connectivity index is 2.04. The van der Waals surface area contributed by atoms with E-state index in [0.717, 1.165) is 30.6 Å². The van der Waals surface area contributed by atoms with Crippen molar-refractivity contribution in [2.45, 2.75) is 32.7 Å². The second-order valence-electron chi connectivity index (χ2n) is 5.65. The number of hydrogen-bond donors (Lipinski definition) is 1. The van der Waals surface area contributed by atoms with Crippen molar-refractivity contribution in [3.8, 4) is 0 Å². The van der Waals surface area contributed by atoms with Gasteiger partial charge in [-0.05, 0) is 50.6 Å². The molecule has 0 atom stereocenters. The summed E-state index contributed by atoms with van der Waals surface area (Å²) < 4.78 is 1.16. The maximum atomic E-state index is 12.1. The first-order chi connectivity index (χ1) is 12.0. The van der Waals surface area contributed by atoms with E-state index in [2.05, 4.69) is 32.0 Å². The van der Waals surface area contributed by atoms with Gasteiger partial charge in [0.2, 0.25) is 11.2 Å². The number of nitrogens with zero attached hydrogens (tertiary/aromatic N) is 5. The van der Waals surface area contributed by atoms with Crippen LogP contribution in [-0.4, -0.2) is 40.8 Å². The molecule has 0 spiro atoms. The van der Waals surface area contributed by atoms with Gasteiger partial charge in [-0.2, -0.15) is 5.10 Å². The smallest absolute Gasteiger partial charge is 0.267 e. The number of aliphatic imine (C=N–C) groups is 2. The van der Waals surface area contributed by atoms with Crippen molar-refractivity contribution in [3.05, 3.63) is 34.4 Å². The summed E-state index contributed by atoms with van der Waals surface area (Å²) in [5, 5.41) is 6.90. The third kappa shape index (κ3) is 5.82. The number of nitrogens with one attached hydrogen (secondary N) is 1. The minimum Gasteiger partial charge on any atom is -0.355 e. The first kappa shape index (κ1) is 18.9. The first-order valence-electron chi connectivity index (χ1n) is 7.99. The SMILES string of the molecule is C=NC(Cl)=N/C=C(\C)NC(=O)Cn1nc(N2CCCCC2)ccc1=O. The molecule has 0 unspecified atom stereocenters. The van der Waals surface area contributed by atoms with Gasteiger partial charge in [0, 0.05) is 31.1 Å². The summed E-state index contributed by atoms with van der Waals surface area (Å²) in [6.45, 7) is 6.53. The van der Waals surface area contributed by atoms with Crippen molar-refractivity contribution in [3.63, 3.8) is 0 Å². The summed E-state index contributed by atoms with van der Waals surface area (Å²) in [6.07, 6.45) is 4.77. The Morgan fingerprint density at radius 2 is 2.12 bits per heavy atom. The molecule has 0 saturated carbocycles. The number of carbonyl (C=O) groups excluding carboxylic acids is 1. The lowest BCUT2D eigenvalue weighted by molar-refractivity contribution is -0.121. The second-order valence-corrected chi connectivity index (χ2v) is 5.99. The molecule has 1 aromatic heterocycles. The van der Waals surface area contributed by atoms with Gasteiger partial charge in [0.1, 0.15) is 12.4 Å². The number of rotatable bonds is 5. The van der Waals surface area contributed by atoms with Crippen molar-refractivity contribution in [1.82, 2.24) is 15.1 Å². The Hall–Kier alpha value is -2.48. The molecule has 25 heavy (non-hydrogen) atoms. The zero-order valence-electron chi connectivity index (χ0n) is 14.1. The highest BCUT2D eigenvalue weighted by molar-refractivity contribution is 6.65. The van der Waals surface area contributed by atoms with Crippen LogP contribution in [0.3, 0.4) is 0 Å². The molecule has 2 heterocycles. The summed E-state index contributed by atoms with van der Waals surface area (Å²) in [5.74, 6) is 0.338. The fourth-order valence-electron chi connectivity index (χ4n) is 2.46. The summed E-state index contributed by atoms with van der Waals surface area (Å²) in [4.78, 5) is 33.4. The summed E-state index contributed by atoms with van der Waals surface area (Å²) in [5.41, 5.74) is 0.140. The molecule has 1 saturated heterocycles. The van der Waals surface area contributed by atoms with Crippen molar-refractivity contribution < 1.29 is 4.79 Å². The third-order valence-corrected chi connectivity index (χ3v) is 3.87. The summed E-state index contributed by atoms with van der Waals surface area (Å²) in [7, 11) is 0. The number of hydrogen-bond acceptors (Lipinski definition) is 5. The highest BCUT2D eigenvalue weighted by Gasteiger charge is 2.14. The molecule has 1 amide bonds. The molecule has 1 aliphatic rings. The van der Waals surface area contributed by atoms with Crippen molar-refractivity contribution in [1.29, 1.82) is 0 Å². The average molecular weight is 365 g/mol. The van der Waals surface area contributed by atoms with Crippen LogP contribution in [0.25, 0.3) is 0 Å². The predicted octanol–water partition coefficient (Wildman–Crippen LogP) is 1.51. The largest absolute Gasteiger partial charge is 0.355 e. The zero-order valence-corrected chi connectivity index (χ0v) is 14.9. The van der Waals surface area contributed by atoms with E-state index in [9.17, 15) is 9.59 Å². The molecule has 0 aliphatic carbocycles. The molecule has 1 aromatic rings. The Morgan fingerprint density at radius 1 is 1.40 bits per heavy atom. The molecule has 0 bridgehead atoms. The molecule has 1 aliphatic heterocycles. The number of allylic oxidation sites excluding steroid dienone is 1. The Bertz CT molecular complexity index is 749. The van der Waals surface area contributed by atoms with Crippen LogP contribution in [0.5, 0.6) is 0 Å². The first-order valence-corrected chi connectivity index (χ1v) is 8.37. The topological polar surface area (TPSA) is 91.9 Å². The van der Waals surface area contributed by atoms with Gasteiger partial charge in [-0.1, -0.05) is 0 Å². The number of aromatic nitrogens is 2. The van der Waals surface area contributed by atoms with Crippen molar-refractivity contribution in [2.75, 3.05) is 18.0 Å². The monoisotopic (exact) mass is 364 g/mol. The molecule has 0 aromatic carbocycles. The zero-order chi connectivity index (χ0) is 18.2. The highest BCUT2D eigenvalue weighted by atomic mass is 35.5. The third-order valence-electron chi connectivity index (χ3n) is 3.66. The molecular weight excluding hydrogens is 344 g/mol. The lowest BCUT2D eigenvalue weighted by Gasteiger charge is -2.27. The molecule has 8 nitrogen and oxygen atoms in total. The summed E-state index contributed by atoms with van der Waals surface area (Å²) >= 11 is 5.59. The van der Waals surface area contributed by atoms with Crippen LogP contribution in [0.15, 0.2) is 38.8 Å². The molecule has 9 heteroatoms. The number of halogens is 1. The van der Waals surface area contributed by atoms with Crippen LogP contribution < -0.4 is 15.8 Å². The minimum absolute atomic E-state index is 0.0271. The number of carbonyl (C=O) groups is 1. The van der Waals surface area contributed by atoms with Crippen LogP contribution in [0.2, 0.25) is 0 Å². The lowest BCUT2D eigenvalue weighted by Crippen LogP contribution is -2.36. The van der Waals surface area contributed by atoms with E-state index < -0.39 is 0 Å². The average Bonchev–Trinajstić information content (AvgIpc) is 2.62. The molecular formula is C16H21ClN6O2. The van der Waals surface area contributed by atoms with E-state index in [1.54, 1.807) is 13.0 Å². The minimum atomic E-state index is -0.378. The quantitative estimate of drug-likeness (QED) is 0.487. The van der Waals surface area contributed by atoms with Crippen LogP contribution >= 0.6 is 11.6 Å². The van der Waals surface area contributed by atoms with Gasteiger partial charge in [0.05, 0.1) is 0 Å². The maximum absolute atomic E-state index is 12.1. The molecule has 0 radical (unpaired) electrons. The van der Waals surface area contributed by atoms with E-state index in [-0.39, 0.29) is 23.3 Å². The van der Waals surface area contributed by atoms with Crippen molar-refractivity contribution >= 4 is 35.3 Å². The standard InChI is InChI=1S/C16H21ClN6O2/c1-12(10-19-16(17)18-2)20-14(24)11-23-15(25)7-6-13(21-23)22-8-4-3-5-9-22/h6-7,10H,2-5,8-9,11H2,1H3,(H,20,24)/b12-10+,19-16?. The lowest BCUT2D eigenvalue weighted by atomic mass is 10.1. The number of amidine groups is 1. The van der Waals surface area contributed by atoms with Gasteiger partial charge in [0.15, 0.2) is 0 Å². The maximum Gasteiger partial charge on any atom is 0.267 e.